The Labute approximate surface area is 232 Å². The van der Waals surface area contributed by atoms with Crippen LogP contribution in [0.4, 0.5) is 19.1 Å². The predicted octanol–water partition coefficient (Wildman–Crippen LogP) is 7.11. The predicted molar refractivity (Wildman–Crippen MR) is 139 cm³/mol. The molecule has 1 aliphatic rings. The van der Waals surface area contributed by atoms with E-state index in [0.29, 0.717) is 23.7 Å². The van der Waals surface area contributed by atoms with Gasteiger partial charge in [0.25, 0.3) is 5.91 Å². The van der Waals surface area contributed by atoms with Gasteiger partial charge in [0, 0.05) is 11.0 Å². The molecule has 2 aromatic carbocycles. The van der Waals surface area contributed by atoms with Crippen LogP contribution in [-0.4, -0.2) is 21.9 Å². The van der Waals surface area contributed by atoms with Crippen LogP contribution in [0.3, 0.4) is 0 Å². The number of hydrogen-bond acceptors (Lipinski definition) is 3. The third-order valence-corrected chi connectivity index (χ3v) is 7.15. The molecular formula is C26H22Cl3F3N5O+. The third-order valence-electron chi connectivity index (χ3n) is 5.96. The number of aryl methyl sites for hydroxylation is 1. The molecule has 0 aliphatic heterocycles. The Morgan fingerprint density at radius 2 is 1.95 bits per heavy atom. The standard InChI is InChI=1S/C26H21Cl3F3N5O/c1-2-9-36-14-37(35-25(36)34-24(38)16-5-6-16)22-8-4-15(10-18(22)13-33)3-7-19(26(30,31)32)17-11-20(27)23(29)21(28)12-17/h3-4,7-8,10-12,14,16,19H,2,5-6,9H2,1H3/p+1. The summed E-state index contributed by atoms with van der Waals surface area (Å²) in [4.78, 5) is 12.3. The second kappa shape index (κ2) is 11.4. The second-order valence-corrected chi connectivity index (χ2v) is 10.1. The first-order valence-electron chi connectivity index (χ1n) is 11.8. The van der Waals surface area contributed by atoms with Gasteiger partial charge in [-0.25, -0.2) is 9.88 Å². The van der Waals surface area contributed by atoms with Crippen molar-refractivity contribution in [3.63, 3.8) is 0 Å². The number of alkyl halides is 3. The van der Waals surface area contributed by atoms with E-state index in [1.165, 1.54) is 16.8 Å². The van der Waals surface area contributed by atoms with Gasteiger partial charge in [0.05, 0.1) is 33.1 Å². The Morgan fingerprint density at radius 1 is 1.26 bits per heavy atom. The highest BCUT2D eigenvalue weighted by molar-refractivity contribution is 6.48. The Kier molecular flexibility index (Phi) is 8.36. The molecule has 1 fully saturated rings. The van der Waals surface area contributed by atoms with Crippen LogP contribution in [0.15, 0.2) is 42.7 Å². The van der Waals surface area contributed by atoms with Gasteiger partial charge in [0.2, 0.25) is 0 Å². The molecule has 0 saturated heterocycles. The molecule has 1 heterocycles. The van der Waals surface area contributed by atoms with Crippen LogP contribution in [0.2, 0.25) is 15.1 Å². The lowest BCUT2D eigenvalue weighted by molar-refractivity contribution is -0.683. The van der Waals surface area contributed by atoms with Gasteiger partial charge in [-0.1, -0.05) is 59.9 Å². The summed E-state index contributed by atoms with van der Waals surface area (Å²) in [6.45, 7) is 2.58. The van der Waals surface area contributed by atoms with Crippen molar-refractivity contribution in [1.82, 2.24) is 9.78 Å². The number of carbonyl (C=O) groups excluding carboxylic acids is 1. The summed E-state index contributed by atoms with van der Waals surface area (Å²) in [5.74, 6) is -1.73. The van der Waals surface area contributed by atoms with Gasteiger partial charge < -0.3 is 0 Å². The lowest BCUT2D eigenvalue weighted by Gasteiger charge is -2.18. The first-order valence-corrected chi connectivity index (χ1v) is 12.9. The van der Waals surface area contributed by atoms with E-state index in [2.05, 4.69) is 16.5 Å². The summed E-state index contributed by atoms with van der Waals surface area (Å²) in [5.41, 5.74) is 0.828. The summed E-state index contributed by atoms with van der Waals surface area (Å²) in [5, 5.41) is 16.9. The number of amides is 1. The maximum absolute atomic E-state index is 13.9. The largest absolute Gasteiger partial charge is 0.399 e. The first-order chi connectivity index (χ1) is 18.0. The first kappa shape index (κ1) is 28.0. The van der Waals surface area contributed by atoms with Gasteiger partial charge >= 0.3 is 12.1 Å². The van der Waals surface area contributed by atoms with E-state index < -0.39 is 12.1 Å². The molecule has 1 unspecified atom stereocenters. The highest BCUT2D eigenvalue weighted by Crippen LogP contribution is 2.41. The Morgan fingerprint density at radius 3 is 2.53 bits per heavy atom. The average Bonchev–Trinajstić information content (AvgIpc) is 3.64. The van der Waals surface area contributed by atoms with E-state index in [1.807, 2.05) is 6.92 Å². The van der Waals surface area contributed by atoms with Crippen LogP contribution in [0, 0.1) is 17.2 Å². The van der Waals surface area contributed by atoms with E-state index >= 15 is 0 Å². The van der Waals surface area contributed by atoms with Crippen LogP contribution in [-0.2, 0) is 11.3 Å². The van der Waals surface area contributed by atoms with Crippen LogP contribution in [0.5, 0.6) is 0 Å². The molecule has 1 aromatic heterocycles. The molecular weight excluding hydrogens is 562 g/mol. The number of nitrogens with one attached hydrogen (secondary N) is 1. The summed E-state index contributed by atoms with van der Waals surface area (Å²) in [6.07, 6.45) is 1.79. The SMILES string of the molecule is CCC[n+]1cn(-c2ccc(C=CC(c3cc(Cl)c(Cl)c(Cl)c3)C(F)(F)F)cc2C#N)nc1NC(=O)C1CC1. The molecule has 1 amide bonds. The number of aromatic nitrogens is 3. The maximum Gasteiger partial charge on any atom is 0.399 e. The van der Waals surface area contributed by atoms with Crippen molar-refractivity contribution in [3.8, 4) is 11.8 Å². The van der Waals surface area contributed by atoms with Crippen LogP contribution in [0.1, 0.15) is 48.8 Å². The van der Waals surface area contributed by atoms with Gasteiger partial charge in [-0.3, -0.25) is 4.79 Å². The topological polar surface area (TPSA) is 74.6 Å². The van der Waals surface area contributed by atoms with Gasteiger partial charge in [0.1, 0.15) is 11.8 Å². The lowest BCUT2D eigenvalue weighted by atomic mass is 9.96. The smallest absolute Gasteiger partial charge is 0.261 e. The van der Waals surface area contributed by atoms with Crippen molar-refractivity contribution in [2.75, 3.05) is 5.32 Å². The summed E-state index contributed by atoms with van der Waals surface area (Å²) >= 11 is 17.8. The fraction of sp³-hybridized carbons (Fsp3) is 0.308. The number of nitriles is 1. The van der Waals surface area contributed by atoms with Crippen molar-refractivity contribution in [3.05, 3.63) is 74.5 Å². The number of carbonyl (C=O) groups is 1. The quantitative estimate of drug-likeness (QED) is 0.227. The van der Waals surface area contributed by atoms with E-state index in [-0.39, 0.29) is 38.0 Å². The lowest BCUT2D eigenvalue weighted by Crippen LogP contribution is -2.36. The number of allylic oxidation sites excluding steroid dienone is 1. The molecule has 1 atom stereocenters. The second-order valence-electron chi connectivity index (χ2n) is 8.91. The zero-order chi connectivity index (χ0) is 27.6. The Bertz CT molecular complexity index is 1420. The minimum atomic E-state index is -4.63. The number of benzene rings is 2. The summed E-state index contributed by atoms with van der Waals surface area (Å²) < 4.78 is 44.9. The fourth-order valence-electron chi connectivity index (χ4n) is 3.87. The molecule has 38 heavy (non-hydrogen) atoms. The average molecular weight is 584 g/mol. The zero-order valence-corrected chi connectivity index (χ0v) is 22.3. The highest BCUT2D eigenvalue weighted by atomic mass is 35.5. The van der Waals surface area contributed by atoms with E-state index in [9.17, 15) is 23.2 Å². The third kappa shape index (κ3) is 6.32. The monoisotopic (exact) mass is 582 g/mol. The molecule has 12 heteroatoms. The number of rotatable bonds is 8. The molecule has 0 bridgehead atoms. The molecule has 1 saturated carbocycles. The van der Waals surface area contributed by atoms with Gasteiger partial charge in [-0.05, 0) is 54.7 Å². The van der Waals surface area contributed by atoms with Crippen LogP contribution < -0.4 is 9.88 Å². The fourth-order valence-corrected chi connectivity index (χ4v) is 4.48. The van der Waals surface area contributed by atoms with Gasteiger partial charge in [-0.2, -0.15) is 18.4 Å². The summed E-state index contributed by atoms with van der Waals surface area (Å²) in [6, 6.07) is 8.97. The summed E-state index contributed by atoms with van der Waals surface area (Å²) in [7, 11) is 0. The van der Waals surface area contributed by atoms with Crippen molar-refractivity contribution < 1.29 is 22.5 Å². The molecule has 4 rings (SSSR count). The minimum Gasteiger partial charge on any atom is -0.261 e. The zero-order valence-electron chi connectivity index (χ0n) is 20.1. The van der Waals surface area contributed by atoms with E-state index in [1.54, 1.807) is 23.0 Å². The Balaban J connectivity index is 1.64. The number of anilines is 1. The molecule has 1 N–H and O–H groups in total. The minimum absolute atomic E-state index is 0.00332. The van der Waals surface area contributed by atoms with Crippen molar-refractivity contribution >= 4 is 52.7 Å². The number of halogens is 6. The van der Waals surface area contributed by atoms with Gasteiger partial charge in [-0.15, -0.1) is 4.68 Å². The van der Waals surface area contributed by atoms with E-state index in [4.69, 9.17) is 34.8 Å². The highest BCUT2D eigenvalue weighted by Gasteiger charge is 2.39. The number of nitrogens with zero attached hydrogens (tertiary/aromatic N) is 4. The molecule has 0 spiro atoms. The Hall–Kier alpha value is -3.06. The maximum atomic E-state index is 13.9. The van der Waals surface area contributed by atoms with Gasteiger partial charge in [0.15, 0.2) is 6.33 Å². The molecule has 1 aliphatic carbocycles. The molecule has 3 aromatic rings. The molecule has 6 nitrogen and oxygen atoms in total. The van der Waals surface area contributed by atoms with E-state index in [0.717, 1.165) is 37.5 Å². The van der Waals surface area contributed by atoms with Crippen molar-refractivity contribution in [2.24, 2.45) is 5.92 Å². The molecule has 198 valence electrons. The molecule has 0 radical (unpaired) electrons. The normalized spacial score (nSPS) is 14.5. The van der Waals surface area contributed by atoms with Crippen molar-refractivity contribution in [2.45, 2.75) is 44.8 Å². The van der Waals surface area contributed by atoms with Crippen molar-refractivity contribution in [1.29, 1.82) is 5.26 Å². The number of hydrogen-bond donors (Lipinski definition) is 1. The van der Waals surface area contributed by atoms with Crippen LogP contribution >= 0.6 is 34.8 Å². The van der Waals surface area contributed by atoms with Crippen LogP contribution in [0.25, 0.3) is 11.8 Å².